The number of ether oxygens (including phenoxy) is 3. The Morgan fingerprint density at radius 3 is 2.26 bits per heavy atom. The third-order valence-corrected chi connectivity index (χ3v) is 6.60. The van der Waals surface area contributed by atoms with Crippen molar-refractivity contribution >= 4 is 28.1 Å². The molecule has 0 unspecified atom stereocenters. The minimum atomic E-state index is -3.88. The van der Waals surface area contributed by atoms with E-state index in [0.717, 1.165) is 32.1 Å². The lowest BCUT2D eigenvalue weighted by molar-refractivity contribution is -0.161. The normalized spacial score (nSPS) is 15.9. The van der Waals surface area contributed by atoms with Crippen molar-refractivity contribution in [2.24, 2.45) is 5.41 Å². The Kier molecular flexibility index (Phi) is 13.4. The van der Waals surface area contributed by atoms with Gasteiger partial charge in [0.15, 0.2) is 6.10 Å². The van der Waals surface area contributed by atoms with E-state index in [2.05, 4.69) is 5.32 Å². The Balaban J connectivity index is 2.21. The summed E-state index contributed by atoms with van der Waals surface area (Å²) in [6, 6.07) is 0. The van der Waals surface area contributed by atoms with Gasteiger partial charge in [-0.25, -0.2) is 9.59 Å². The van der Waals surface area contributed by atoms with Gasteiger partial charge in [-0.05, 0) is 44.9 Å². The van der Waals surface area contributed by atoms with Crippen LogP contribution in [0.15, 0.2) is 0 Å². The Labute approximate surface area is 202 Å². The average Bonchev–Trinajstić information content (AvgIpc) is 2.77. The second-order valence-electron chi connectivity index (χ2n) is 9.10. The third kappa shape index (κ3) is 13.1. The summed E-state index contributed by atoms with van der Waals surface area (Å²) in [6.45, 7) is 4.22. The molecular formula is C22H39NO10S. The molecule has 34 heavy (non-hydrogen) atoms. The summed E-state index contributed by atoms with van der Waals surface area (Å²) in [7, 11) is -3.88. The van der Waals surface area contributed by atoms with Crippen molar-refractivity contribution in [2.45, 2.75) is 84.3 Å². The van der Waals surface area contributed by atoms with Crippen molar-refractivity contribution in [1.82, 2.24) is 5.32 Å². The molecule has 1 aliphatic carbocycles. The molecule has 0 bridgehead atoms. The quantitative estimate of drug-likeness (QED) is 0.190. The van der Waals surface area contributed by atoms with Crippen molar-refractivity contribution in [3.05, 3.63) is 0 Å². The molecule has 1 aliphatic rings. The lowest BCUT2D eigenvalue weighted by Crippen LogP contribution is -2.41. The van der Waals surface area contributed by atoms with Crippen molar-refractivity contribution in [3.63, 3.8) is 0 Å². The van der Waals surface area contributed by atoms with Crippen LogP contribution in [0.3, 0.4) is 0 Å². The van der Waals surface area contributed by atoms with Crippen LogP contribution in [0.4, 0.5) is 4.79 Å². The van der Waals surface area contributed by atoms with E-state index >= 15 is 0 Å². The number of unbranched alkanes of at least 4 members (excludes halogenated alkanes) is 1. The van der Waals surface area contributed by atoms with Crippen LogP contribution in [0, 0.1) is 5.41 Å². The first-order chi connectivity index (χ1) is 15.9. The highest BCUT2D eigenvalue weighted by molar-refractivity contribution is 7.86. The molecule has 0 aromatic carbocycles. The molecule has 0 spiro atoms. The van der Waals surface area contributed by atoms with Crippen LogP contribution >= 0.6 is 0 Å². The largest absolute Gasteiger partial charge is 0.508 e. The number of rotatable bonds is 15. The monoisotopic (exact) mass is 509 g/mol. The zero-order valence-corrected chi connectivity index (χ0v) is 21.2. The fraction of sp³-hybridized carbons (Fsp3) is 0.864. The van der Waals surface area contributed by atoms with Gasteiger partial charge in [-0.1, -0.05) is 20.3 Å². The van der Waals surface area contributed by atoms with E-state index in [4.69, 9.17) is 18.4 Å². The highest BCUT2D eigenvalue weighted by Crippen LogP contribution is 2.24. The van der Waals surface area contributed by atoms with E-state index in [1.165, 1.54) is 20.8 Å². The lowest BCUT2D eigenvalue weighted by atomic mass is 9.88. The molecule has 1 fully saturated rings. The summed E-state index contributed by atoms with van der Waals surface area (Å²) >= 11 is 0. The third-order valence-electron chi connectivity index (χ3n) is 5.34. The SMILES string of the molecule is CC(=O)NCCCS(=O)(=O)OCC(C)(C)[C@@H](O)C(=O)OCCCCOC(=O)OC1CCCCC1. The molecule has 1 amide bonds. The molecule has 2 N–H and O–H groups in total. The molecule has 12 heteroatoms. The summed E-state index contributed by atoms with van der Waals surface area (Å²) in [5.41, 5.74) is -1.21. The van der Waals surface area contributed by atoms with Crippen molar-refractivity contribution < 1.29 is 46.3 Å². The number of esters is 1. The van der Waals surface area contributed by atoms with Crippen LogP contribution < -0.4 is 5.32 Å². The Morgan fingerprint density at radius 2 is 1.65 bits per heavy atom. The van der Waals surface area contributed by atoms with Gasteiger partial charge in [0.1, 0.15) is 6.10 Å². The van der Waals surface area contributed by atoms with E-state index in [-0.39, 0.29) is 43.9 Å². The predicted octanol–water partition coefficient (Wildman–Crippen LogP) is 2.06. The Bertz CT molecular complexity index is 747. The number of hydrogen-bond acceptors (Lipinski definition) is 10. The smallest absolute Gasteiger partial charge is 0.464 e. The van der Waals surface area contributed by atoms with Crippen LogP contribution in [0.1, 0.15) is 72.1 Å². The van der Waals surface area contributed by atoms with Crippen LogP contribution in [0.2, 0.25) is 0 Å². The van der Waals surface area contributed by atoms with Gasteiger partial charge < -0.3 is 24.6 Å². The number of carbonyl (C=O) groups excluding carboxylic acids is 3. The van der Waals surface area contributed by atoms with E-state index in [1.54, 1.807) is 0 Å². The fourth-order valence-electron chi connectivity index (χ4n) is 3.18. The van der Waals surface area contributed by atoms with Gasteiger partial charge in [0, 0.05) is 18.9 Å². The summed E-state index contributed by atoms with van der Waals surface area (Å²) < 4.78 is 44.2. The van der Waals surface area contributed by atoms with Gasteiger partial charge in [-0.3, -0.25) is 8.98 Å². The topological polar surface area (TPSA) is 155 Å². The summed E-state index contributed by atoms with van der Waals surface area (Å²) in [5.74, 6) is -1.46. The molecule has 11 nitrogen and oxygen atoms in total. The minimum Gasteiger partial charge on any atom is -0.464 e. The van der Waals surface area contributed by atoms with Gasteiger partial charge in [-0.15, -0.1) is 0 Å². The zero-order chi connectivity index (χ0) is 25.6. The van der Waals surface area contributed by atoms with E-state index < -0.39 is 40.4 Å². The number of hydrogen-bond donors (Lipinski definition) is 2. The molecule has 0 saturated heterocycles. The Hall–Kier alpha value is -1.92. The number of aliphatic hydroxyl groups excluding tert-OH is 1. The van der Waals surface area contributed by atoms with Gasteiger partial charge in [0.25, 0.3) is 10.1 Å². The molecule has 0 heterocycles. The zero-order valence-electron chi connectivity index (χ0n) is 20.4. The maximum absolute atomic E-state index is 12.1. The summed E-state index contributed by atoms with van der Waals surface area (Å²) in [6.07, 6.45) is 3.66. The molecule has 198 valence electrons. The molecule has 0 aliphatic heterocycles. The number of carbonyl (C=O) groups is 3. The number of nitrogens with one attached hydrogen (secondary N) is 1. The highest BCUT2D eigenvalue weighted by Gasteiger charge is 2.36. The van der Waals surface area contributed by atoms with E-state index in [0.29, 0.717) is 12.8 Å². The average molecular weight is 510 g/mol. The van der Waals surface area contributed by atoms with E-state index in [1.807, 2.05) is 0 Å². The highest BCUT2D eigenvalue weighted by atomic mass is 32.2. The first-order valence-electron chi connectivity index (χ1n) is 11.7. The van der Waals surface area contributed by atoms with Crippen LogP contribution in [-0.2, 0) is 38.1 Å². The minimum absolute atomic E-state index is 0.00924. The molecule has 1 rings (SSSR count). The lowest BCUT2D eigenvalue weighted by Gasteiger charge is -2.28. The molecule has 1 saturated carbocycles. The molecular weight excluding hydrogens is 470 g/mol. The number of amides is 1. The van der Waals surface area contributed by atoms with E-state index in [9.17, 15) is 27.9 Å². The number of aliphatic hydroxyl groups is 1. The van der Waals surface area contributed by atoms with Gasteiger partial charge in [0.2, 0.25) is 5.91 Å². The van der Waals surface area contributed by atoms with Crippen LogP contribution in [0.25, 0.3) is 0 Å². The molecule has 1 atom stereocenters. The maximum atomic E-state index is 12.1. The van der Waals surface area contributed by atoms with Gasteiger partial charge in [-0.2, -0.15) is 8.42 Å². The maximum Gasteiger partial charge on any atom is 0.508 e. The molecule has 0 aromatic rings. The van der Waals surface area contributed by atoms with Crippen molar-refractivity contribution in [1.29, 1.82) is 0 Å². The Morgan fingerprint density at radius 1 is 1.03 bits per heavy atom. The fourth-order valence-corrected chi connectivity index (χ4v) is 4.28. The second kappa shape index (κ2) is 15.2. The summed E-state index contributed by atoms with van der Waals surface area (Å²) in [4.78, 5) is 34.6. The summed E-state index contributed by atoms with van der Waals surface area (Å²) in [5, 5.41) is 12.8. The second-order valence-corrected chi connectivity index (χ2v) is 10.9. The molecule has 0 aromatic heterocycles. The van der Waals surface area contributed by atoms with Crippen LogP contribution in [0.5, 0.6) is 0 Å². The van der Waals surface area contributed by atoms with Gasteiger partial charge >= 0.3 is 12.1 Å². The predicted molar refractivity (Wildman–Crippen MR) is 122 cm³/mol. The first kappa shape index (κ1) is 30.1. The molecule has 0 radical (unpaired) electrons. The van der Waals surface area contributed by atoms with Crippen molar-refractivity contribution in [2.75, 3.05) is 32.1 Å². The van der Waals surface area contributed by atoms with Crippen molar-refractivity contribution in [3.8, 4) is 0 Å². The standard InChI is InChI=1S/C22H39NO10S/c1-17(24)23-12-9-15-34(28,29)32-16-22(2,3)19(25)20(26)30-13-7-8-14-31-21(27)33-18-10-5-4-6-11-18/h18-19,25H,4-16H2,1-3H3,(H,23,24)/t19-/m0/s1. The van der Waals surface area contributed by atoms with Crippen LogP contribution in [-0.4, -0.2) is 75.9 Å². The van der Waals surface area contributed by atoms with Gasteiger partial charge in [0.05, 0.1) is 25.6 Å². The first-order valence-corrected chi connectivity index (χ1v) is 13.3.